The fourth-order valence-corrected chi connectivity index (χ4v) is 1.22. The number of anilines is 1. The highest BCUT2D eigenvalue weighted by atomic mass is 16.5. The summed E-state index contributed by atoms with van der Waals surface area (Å²) >= 11 is 0. The third-order valence-electron chi connectivity index (χ3n) is 2.09. The van der Waals surface area contributed by atoms with Gasteiger partial charge in [-0.2, -0.15) is 5.26 Å². The molecule has 2 N–H and O–H groups in total. The lowest BCUT2D eigenvalue weighted by Gasteiger charge is -2.07. The minimum absolute atomic E-state index is 0.253. The summed E-state index contributed by atoms with van der Waals surface area (Å²) in [5.41, 5.74) is 0.613. The van der Waals surface area contributed by atoms with Crippen LogP contribution in [-0.2, 0) is 14.3 Å². The summed E-state index contributed by atoms with van der Waals surface area (Å²) in [6.07, 6.45) is 0. The molecule has 0 spiro atoms. The van der Waals surface area contributed by atoms with Crippen molar-refractivity contribution in [3.05, 3.63) is 29.8 Å². The van der Waals surface area contributed by atoms with Crippen molar-refractivity contribution in [3.8, 4) is 6.07 Å². The molecule has 0 radical (unpaired) electrons. The monoisotopic (exact) mass is 247 g/mol. The van der Waals surface area contributed by atoms with Crippen LogP contribution in [0.5, 0.6) is 0 Å². The van der Waals surface area contributed by atoms with Gasteiger partial charge in [-0.3, -0.25) is 9.59 Å². The van der Waals surface area contributed by atoms with E-state index in [0.29, 0.717) is 17.9 Å². The second kappa shape index (κ2) is 7.04. The maximum atomic E-state index is 11.5. The molecule has 0 fully saturated rings. The van der Waals surface area contributed by atoms with Gasteiger partial charge in [-0.25, -0.2) is 0 Å². The topological polar surface area (TPSA) is 91.2 Å². The van der Waals surface area contributed by atoms with Crippen molar-refractivity contribution in [1.29, 1.82) is 5.26 Å². The van der Waals surface area contributed by atoms with Crippen molar-refractivity contribution in [2.24, 2.45) is 0 Å². The van der Waals surface area contributed by atoms with E-state index in [1.165, 1.54) is 7.11 Å². The quantitative estimate of drug-likeness (QED) is 0.589. The van der Waals surface area contributed by atoms with Crippen LogP contribution < -0.4 is 10.6 Å². The zero-order chi connectivity index (χ0) is 13.4. The van der Waals surface area contributed by atoms with Crippen LogP contribution in [0.15, 0.2) is 24.3 Å². The number of nitrogens with one attached hydrogen (secondary N) is 2. The van der Waals surface area contributed by atoms with Gasteiger partial charge in [0, 0.05) is 13.7 Å². The molecule has 6 nitrogen and oxygen atoms in total. The maximum Gasteiger partial charge on any atom is 0.313 e. The highest BCUT2D eigenvalue weighted by Gasteiger charge is 2.14. The fourth-order valence-electron chi connectivity index (χ4n) is 1.22. The van der Waals surface area contributed by atoms with Gasteiger partial charge in [-0.05, 0) is 12.1 Å². The summed E-state index contributed by atoms with van der Waals surface area (Å²) in [5.74, 6) is -1.58. The van der Waals surface area contributed by atoms with Crippen LogP contribution in [0.2, 0.25) is 0 Å². The molecule has 0 saturated heterocycles. The molecular weight excluding hydrogens is 234 g/mol. The number of rotatable bonds is 4. The van der Waals surface area contributed by atoms with Gasteiger partial charge in [-0.15, -0.1) is 0 Å². The first-order chi connectivity index (χ1) is 8.69. The molecule has 1 aromatic rings. The van der Waals surface area contributed by atoms with Crippen molar-refractivity contribution in [1.82, 2.24) is 5.32 Å². The Morgan fingerprint density at radius 3 is 2.72 bits per heavy atom. The normalized spacial score (nSPS) is 9.33. The maximum absolute atomic E-state index is 11.5. The van der Waals surface area contributed by atoms with E-state index in [0.717, 1.165) is 0 Å². The van der Waals surface area contributed by atoms with Crippen LogP contribution in [0, 0.1) is 11.3 Å². The number of hydrogen-bond donors (Lipinski definition) is 2. The van der Waals surface area contributed by atoms with E-state index in [4.69, 9.17) is 10.00 Å². The van der Waals surface area contributed by atoms with Gasteiger partial charge in [0.1, 0.15) is 6.07 Å². The van der Waals surface area contributed by atoms with Crippen molar-refractivity contribution < 1.29 is 14.3 Å². The number of carbonyl (C=O) groups is 2. The Hall–Kier alpha value is -2.39. The minimum atomic E-state index is -0.811. The number of carbonyl (C=O) groups excluding carboxylic acids is 2. The Labute approximate surface area is 105 Å². The first-order valence-electron chi connectivity index (χ1n) is 5.26. The molecule has 0 aliphatic heterocycles. The van der Waals surface area contributed by atoms with E-state index in [1.807, 2.05) is 6.07 Å². The highest BCUT2D eigenvalue weighted by molar-refractivity contribution is 6.39. The van der Waals surface area contributed by atoms with Gasteiger partial charge >= 0.3 is 11.8 Å². The van der Waals surface area contributed by atoms with Gasteiger partial charge in [-0.1, -0.05) is 12.1 Å². The third-order valence-corrected chi connectivity index (χ3v) is 2.09. The van der Waals surface area contributed by atoms with Crippen LogP contribution in [0.4, 0.5) is 5.69 Å². The predicted molar refractivity (Wildman–Crippen MR) is 64.7 cm³/mol. The minimum Gasteiger partial charge on any atom is -0.383 e. The van der Waals surface area contributed by atoms with Gasteiger partial charge in [0.25, 0.3) is 0 Å². The van der Waals surface area contributed by atoms with Crippen molar-refractivity contribution >= 4 is 17.5 Å². The van der Waals surface area contributed by atoms with E-state index in [1.54, 1.807) is 24.3 Å². The van der Waals surface area contributed by atoms with Gasteiger partial charge in [0.05, 0.1) is 17.9 Å². The van der Waals surface area contributed by atoms with E-state index in [9.17, 15) is 9.59 Å². The molecule has 0 heterocycles. The molecule has 0 aliphatic carbocycles. The third kappa shape index (κ3) is 3.88. The molecule has 0 bridgehead atoms. The summed E-state index contributed by atoms with van der Waals surface area (Å²) in [7, 11) is 1.50. The largest absolute Gasteiger partial charge is 0.383 e. The lowest BCUT2D eigenvalue weighted by atomic mass is 10.2. The highest BCUT2D eigenvalue weighted by Crippen LogP contribution is 2.12. The first kappa shape index (κ1) is 13.7. The van der Waals surface area contributed by atoms with E-state index < -0.39 is 11.8 Å². The smallest absolute Gasteiger partial charge is 0.313 e. The molecule has 0 atom stereocenters. The summed E-state index contributed by atoms with van der Waals surface area (Å²) in [4.78, 5) is 22.9. The molecule has 2 amide bonds. The second-order valence-electron chi connectivity index (χ2n) is 3.36. The van der Waals surface area contributed by atoms with Crippen LogP contribution >= 0.6 is 0 Å². The number of methoxy groups -OCH3 is 1. The van der Waals surface area contributed by atoms with Crippen molar-refractivity contribution in [2.45, 2.75) is 0 Å². The molecule has 6 heteroatoms. The Kier molecular flexibility index (Phi) is 5.35. The van der Waals surface area contributed by atoms with Crippen LogP contribution in [0.25, 0.3) is 0 Å². The molecule has 0 saturated carbocycles. The molecule has 0 aromatic heterocycles. The number of para-hydroxylation sites is 1. The van der Waals surface area contributed by atoms with Gasteiger partial charge in [0.2, 0.25) is 0 Å². The van der Waals surface area contributed by atoms with Gasteiger partial charge in [0.15, 0.2) is 0 Å². The molecule has 1 aromatic carbocycles. The lowest BCUT2D eigenvalue weighted by molar-refractivity contribution is -0.136. The zero-order valence-corrected chi connectivity index (χ0v) is 9.90. The van der Waals surface area contributed by atoms with Gasteiger partial charge < -0.3 is 15.4 Å². The van der Waals surface area contributed by atoms with Crippen LogP contribution in [0.1, 0.15) is 5.56 Å². The Morgan fingerprint density at radius 1 is 1.33 bits per heavy atom. The van der Waals surface area contributed by atoms with E-state index >= 15 is 0 Å². The molecule has 0 unspecified atom stereocenters. The SMILES string of the molecule is COCCNC(=O)C(=O)Nc1ccccc1C#N. The summed E-state index contributed by atoms with van der Waals surface area (Å²) in [6.45, 7) is 0.580. The lowest BCUT2D eigenvalue weighted by Crippen LogP contribution is -2.37. The number of benzene rings is 1. The number of nitriles is 1. The Balaban J connectivity index is 2.59. The number of hydrogen-bond acceptors (Lipinski definition) is 4. The average molecular weight is 247 g/mol. The van der Waals surface area contributed by atoms with Crippen molar-refractivity contribution in [3.63, 3.8) is 0 Å². The zero-order valence-electron chi connectivity index (χ0n) is 9.90. The van der Waals surface area contributed by atoms with E-state index in [-0.39, 0.29) is 6.54 Å². The fraction of sp³-hybridized carbons (Fsp3) is 0.250. The molecule has 18 heavy (non-hydrogen) atoms. The summed E-state index contributed by atoms with van der Waals surface area (Å²) < 4.78 is 4.74. The van der Waals surface area contributed by atoms with Crippen LogP contribution in [0.3, 0.4) is 0 Å². The summed E-state index contributed by atoms with van der Waals surface area (Å²) in [5, 5.41) is 13.6. The molecule has 1 rings (SSSR count). The van der Waals surface area contributed by atoms with Crippen molar-refractivity contribution in [2.75, 3.05) is 25.6 Å². The number of ether oxygens (including phenoxy) is 1. The Bertz CT molecular complexity index is 480. The average Bonchev–Trinajstić information content (AvgIpc) is 2.39. The molecule has 94 valence electrons. The van der Waals surface area contributed by atoms with Crippen LogP contribution in [-0.4, -0.2) is 32.1 Å². The standard InChI is InChI=1S/C12H13N3O3/c1-18-7-6-14-11(16)12(17)15-10-5-3-2-4-9(10)8-13/h2-5H,6-7H2,1H3,(H,14,16)(H,15,17). The number of amides is 2. The second-order valence-corrected chi connectivity index (χ2v) is 3.36. The number of nitrogens with zero attached hydrogens (tertiary/aromatic N) is 1. The van der Waals surface area contributed by atoms with E-state index in [2.05, 4.69) is 10.6 Å². The predicted octanol–water partition coefficient (Wildman–Crippen LogP) is 0.259. The molecular formula is C12H13N3O3. The first-order valence-corrected chi connectivity index (χ1v) is 5.26. The Morgan fingerprint density at radius 2 is 2.06 bits per heavy atom. The molecule has 0 aliphatic rings. The summed E-state index contributed by atoms with van der Waals surface area (Å²) in [6, 6.07) is 8.37.